The van der Waals surface area contributed by atoms with Gasteiger partial charge >= 0.3 is 5.97 Å². The van der Waals surface area contributed by atoms with Crippen molar-refractivity contribution < 1.29 is 14.3 Å². The van der Waals surface area contributed by atoms with Crippen molar-refractivity contribution in [1.29, 1.82) is 0 Å². The smallest absolute Gasteiger partial charge is 0.309 e. The topological polar surface area (TPSA) is 68.3 Å². The van der Waals surface area contributed by atoms with Crippen LogP contribution in [0.4, 0.5) is 5.13 Å². The van der Waals surface area contributed by atoms with Gasteiger partial charge in [0.1, 0.15) is 6.61 Å². The molecule has 0 radical (unpaired) electrons. The summed E-state index contributed by atoms with van der Waals surface area (Å²) in [6.45, 7) is 3.85. The van der Waals surface area contributed by atoms with E-state index in [2.05, 4.69) is 17.2 Å². The van der Waals surface area contributed by atoms with E-state index in [4.69, 9.17) is 4.74 Å². The Balaban J connectivity index is 1.71. The summed E-state index contributed by atoms with van der Waals surface area (Å²) in [4.78, 5) is 27.3. The number of amides is 1. The number of hydrogen-bond acceptors (Lipinski definition) is 5. The molecular formula is C17H26N2O3S. The molecule has 1 fully saturated rings. The minimum atomic E-state index is -0.150. The number of carbonyl (C=O) groups excluding carboxylic acids is 2. The summed E-state index contributed by atoms with van der Waals surface area (Å²) in [5, 5.41) is 4.97. The Morgan fingerprint density at radius 3 is 2.74 bits per heavy atom. The largest absolute Gasteiger partial charge is 0.459 e. The summed E-state index contributed by atoms with van der Waals surface area (Å²) in [6, 6.07) is 0. The van der Waals surface area contributed by atoms with Gasteiger partial charge in [-0.05, 0) is 31.6 Å². The molecule has 1 aromatic heterocycles. The van der Waals surface area contributed by atoms with E-state index in [0.29, 0.717) is 10.8 Å². The zero-order valence-corrected chi connectivity index (χ0v) is 14.8. The molecule has 1 aliphatic rings. The molecule has 0 atom stereocenters. The van der Waals surface area contributed by atoms with Crippen LogP contribution in [0.15, 0.2) is 5.38 Å². The maximum atomic E-state index is 12.2. The fourth-order valence-corrected chi connectivity index (χ4v) is 3.76. The first kappa shape index (κ1) is 17.9. The molecule has 1 heterocycles. The second-order valence-electron chi connectivity index (χ2n) is 6.29. The highest BCUT2D eigenvalue weighted by Gasteiger charge is 2.27. The standard InChI is InChI=1S/C17H26N2O3S/c1-3-4-5-13-6-8-14(9-7-13)16(21)22-10-15-11-23-17(19-15)18-12(2)20/h11,13-14H,3-10H2,1-2H3,(H,18,19,20). The van der Waals surface area contributed by atoms with Gasteiger partial charge in [0.2, 0.25) is 5.91 Å². The normalized spacial score (nSPS) is 21.0. The fraction of sp³-hybridized carbons (Fsp3) is 0.706. The van der Waals surface area contributed by atoms with Crippen LogP contribution in [0.3, 0.4) is 0 Å². The van der Waals surface area contributed by atoms with E-state index in [0.717, 1.165) is 31.6 Å². The molecule has 1 saturated carbocycles. The quantitative estimate of drug-likeness (QED) is 0.759. The van der Waals surface area contributed by atoms with Crippen molar-refractivity contribution in [2.75, 3.05) is 5.32 Å². The van der Waals surface area contributed by atoms with Gasteiger partial charge in [0, 0.05) is 12.3 Å². The number of unbranched alkanes of at least 4 members (excludes halogenated alkanes) is 1. The third kappa shape index (κ3) is 5.94. The lowest BCUT2D eigenvalue weighted by molar-refractivity contribution is -0.151. The van der Waals surface area contributed by atoms with E-state index in [-0.39, 0.29) is 24.4 Å². The number of nitrogens with zero attached hydrogens (tertiary/aromatic N) is 1. The molecule has 0 bridgehead atoms. The molecule has 2 rings (SSSR count). The van der Waals surface area contributed by atoms with Crippen LogP contribution >= 0.6 is 11.3 Å². The Labute approximate surface area is 141 Å². The number of anilines is 1. The number of esters is 1. The van der Waals surface area contributed by atoms with E-state index in [1.807, 2.05) is 0 Å². The third-order valence-corrected chi connectivity index (χ3v) is 5.15. The zero-order valence-electron chi connectivity index (χ0n) is 14.0. The van der Waals surface area contributed by atoms with Gasteiger partial charge in [0.25, 0.3) is 0 Å². The van der Waals surface area contributed by atoms with Gasteiger partial charge in [-0.1, -0.05) is 26.2 Å². The summed E-state index contributed by atoms with van der Waals surface area (Å²) < 4.78 is 5.39. The van der Waals surface area contributed by atoms with Gasteiger partial charge in [-0.15, -0.1) is 11.3 Å². The summed E-state index contributed by atoms with van der Waals surface area (Å²) in [5.74, 6) is 0.579. The second kappa shape index (κ2) is 9.01. The van der Waals surface area contributed by atoms with Crippen molar-refractivity contribution in [2.24, 2.45) is 11.8 Å². The van der Waals surface area contributed by atoms with Gasteiger partial charge in [-0.25, -0.2) is 4.98 Å². The molecule has 128 valence electrons. The van der Waals surface area contributed by atoms with Gasteiger partial charge in [0.05, 0.1) is 11.6 Å². The van der Waals surface area contributed by atoms with E-state index < -0.39 is 0 Å². The molecule has 1 N–H and O–H groups in total. The maximum absolute atomic E-state index is 12.2. The van der Waals surface area contributed by atoms with Crippen molar-refractivity contribution in [1.82, 2.24) is 4.98 Å². The second-order valence-corrected chi connectivity index (χ2v) is 7.15. The monoisotopic (exact) mass is 338 g/mol. The summed E-state index contributed by atoms with van der Waals surface area (Å²) >= 11 is 1.34. The Kier molecular flexibility index (Phi) is 7.02. The van der Waals surface area contributed by atoms with Gasteiger partial charge in [0.15, 0.2) is 5.13 Å². The molecule has 0 spiro atoms. The summed E-state index contributed by atoms with van der Waals surface area (Å²) in [6.07, 6.45) is 8.01. The Morgan fingerprint density at radius 1 is 1.35 bits per heavy atom. The first-order chi connectivity index (χ1) is 11.1. The molecule has 1 aliphatic carbocycles. The van der Waals surface area contributed by atoms with Crippen LogP contribution in [-0.2, 0) is 20.9 Å². The Morgan fingerprint density at radius 2 is 2.09 bits per heavy atom. The van der Waals surface area contributed by atoms with Crippen LogP contribution < -0.4 is 5.32 Å². The number of aromatic nitrogens is 1. The van der Waals surface area contributed by atoms with Gasteiger partial charge in [-0.2, -0.15) is 0 Å². The molecule has 0 aliphatic heterocycles. The van der Waals surface area contributed by atoms with Gasteiger partial charge in [-0.3, -0.25) is 9.59 Å². The Hall–Kier alpha value is -1.43. The van der Waals surface area contributed by atoms with Crippen LogP contribution in [-0.4, -0.2) is 16.9 Å². The van der Waals surface area contributed by atoms with Gasteiger partial charge < -0.3 is 10.1 Å². The molecule has 0 aromatic carbocycles. The lowest BCUT2D eigenvalue weighted by Gasteiger charge is -2.27. The van der Waals surface area contributed by atoms with Crippen LogP contribution in [0.1, 0.15) is 64.5 Å². The van der Waals surface area contributed by atoms with E-state index in [1.54, 1.807) is 5.38 Å². The van der Waals surface area contributed by atoms with Crippen molar-refractivity contribution in [3.05, 3.63) is 11.1 Å². The fourth-order valence-electron chi connectivity index (χ4n) is 3.02. The van der Waals surface area contributed by atoms with E-state index in [1.165, 1.54) is 37.5 Å². The van der Waals surface area contributed by atoms with E-state index >= 15 is 0 Å². The van der Waals surface area contributed by atoms with Crippen molar-refractivity contribution >= 4 is 28.3 Å². The van der Waals surface area contributed by atoms with Crippen LogP contribution in [0.25, 0.3) is 0 Å². The average molecular weight is 338 g/mol. The van der Waals surface area contributed by atoms with Crippen LogP contribution in [0.5, 0.6) is 0 Å². The molecule has 0 unspecified atom stereocenters. The third-order valence-electron chi connectivity index (χ3n) is 4.34. The minimum Gasteiger partial charge on any atom is -0.459 e. The predicted octanol–water partition coefficient (Wildman–Crippen LogP) is 4.14. The number of rotatable bonds is 7. The van der Waals surface area contributed by atoms with Crippen LogP contribution in [0, 0.1) is 11.8 Å². The highest BCUT2D eigenvalue weighted by molar-refractivity contribution is 7.13. The molecule has 0 saturated heterocycles. The lowest BCUT2D eigenvalue weighted by atomic mass is 9.80. The molecule has 1 aromatic rings. The highest BCUT2D eigenvalue weighted by Crippen LogP contribution is 2.32. The lowest BCUT2D eigenvalue weighted by Crippen LogP contribution is -2.23. The first-order valence-electron chi connectivity index (χ1n) is 8.47. The number of thiazole rings is 1. The first-order valence-corrected chi connectivity index (χ1v) is 9.35. The summed E-state index contributed by atoms with van der Waals surface area (Å²) in [5.41, 5.74) is 0.684. The van der Waals surface area contributed by atoms with Crippen molar-refractivity contribution in [2.45, 2.75) is 65.4 Å². The van der Waals surface area contributed by atoms with Crippen LogP contribution in [0.2, 0.25) is 0 Å². The molecule has 5 nitrogen and oxygen atoms in total. The molecule has 23 heavy (non-hydrogen) atoms. The zero-order chi connectivity index (χ0) is 16.7. The number of carbonyl (C=O) groups is 2. The average Bonchev–Trinajstić information content (AvgIpc) is 2.97. The molecule has 1 amide bonds. The van der Waals surface area contributed by atoms with Crippen molar-refractivity contribution in [3.63, 3.8) is 0 Å². The SMILES string of the molecule is CCCCC1CCC(C(=O)OCc2csc(NC(C)=O)n2)CC1. The molecule has 6 heteroatoms. The molecular weight excluding hydrogens is 312 g/mol. The van der Waals surface area contributed by atoms with Crippen molar-refractivity contribution in [3.8, 4) is 0 Å². The van der Waals surface area contributed by atoms with E-state index in [9.17, 15) is 9.59 Å². The summed E-state index contributed by atoms with van der Waals surface area (Å²) in [7, 11) is 0. The minimum absolute atomic E-state index is 0.0429. The number of hydrogen-bond donors (Lipinski definition) is 1. The number of nitrogens with one attached hydrogen (secondary N) is 1. The highest BCUT2D eigenvalue weighted by atomic mass is 32.1. The number of ether oxygens (including phenoxy) is 1. The maximum Gasteiger partial charge on any atom is 0.309 e. The predicted molar refractivity (Wildman–Crippen MR) is 91.2 cm³/mol. The Bertz CT molecular complexity index is 522.